The molecule has 0 radical (unpaired) electrons. The molecule has 2 aromatic carbocycles. The van der Waals surface area contributed by atoms with Gasteiger partial charge in [-0.3, -0.25) is 14.5 Å². The predicted molar refractivity (Wildman–Crippen MR) is 148 cm³/mol. The van der Waals surface area contributed by atoms with Gasteiger partial charge in [-0.1, -0.05) is 52.0 Å². The van der Waals surface area contributed by atoms with E-state index in [1.807, 2.05) is 27.7 Å². The molecule has 1 atom stereocenters. The van der Waals surface area contributed by atoms with Gasteiger partial charge in [0.2, 0.25) is 5.91 Å². The van der Waals surface area contributed by atoms with Crippen molar-refractivity contribution in [2.24, 2.45) is 11.3 Å². The monoisotopic (exact) mass is 504 g/mol. The first kappa shape index (κ1) is 24.9. The first-order valence-electron chi connectivity index (χ1n) is 13.0. The van der Waals surface area contributed by atoms with Crippen LogP contribution >= 0.6 is 11.5 Å². The number of hydrogen-bond donors (Lipinski definition) is 0. The van der Waals surface area contributed by atoms with Crippen LogP contribution in [-0.2, 0) is 22.4 Å². The summed E-state index contributed by atoms with van der Waals surface area (Å²) in [6.45, 7) is 12.9. The van der Waals surface area contributed by atoms with E-state index in [0.29, 0.717) is 0 Å². The molecule has 2 aliphatic rings. The smallest absolute Gasteiger partial charge is 0.230 e. The maximum atomic E-state index is 12.9. The molecule has 1 amide bonds. The minimum absolute atomic E-state index is 0.0543. The molecule has 6 nitrogen and oxygen atoms in total. The lowest BCUT2D eigenvalue weighted by atomic mass is 9.87. The lowest BCUT2D eigenvalue weighted by Gasteiger charge is -2.35. The molecule has 1 saturated heterocycles. The minimum Gasteiger partial charge on any atom is -0.353 e. The number of fused-ring (bicyclic) bond motifs is 2. The average molecular weight is 505 g/mol. The van der Waals surface area contributed by atoms with Gasteiger partial charge in [-0.2, -0.15) is 4.37 Å². The molecular formula is C29H36N4O2S. The summed E-state index contributed by atoms with van der Waals surface area (Å²) in [7, 11) is 0. The van der Waals surface area contributed by atoms with E-state index in [1.54, 1.807) is 16.4 Å². The van der Waals surface area contributed by atoms with E-state index < -0.39 is 5.41 Å². The first-order valence-corrected chi connectivity index (χ1v) is 13.8. The fraction of sp³-hybridized carbons (Fsp3) is 0.483. The minimum atomic E-state index is -0.461. The first-order chi connectivity index (χ1) is 17.2. The number of hydrogen-bond acceptors (Lipinski definition) is 6. The molecule has 36 heavy (non-hydrogen) atoms. The molecule has 3 aromatic rings. The summed E-state index contributed by atoms with van der Waals surface area (Å²) in [6, 6.07) is 14.9. The number of nitrogens with zero attached hydrogens (tertiary/aromatic N) is 4. The summed E-state index contributed by atoms with van der Waals surface area (Å²) < 4.78 is 5.98. The molecule has 1 aromatic heterocycles. The SMILES string of the molecule is CC1Cc2cc(CCN3CCN(c4nsc5ccccc45)CC3)ccc2N(CC(=O)C(C)(C)C)C1=O. The molecule has 7 heteroatoms. The van der Waals surface area contributed by atoms with Crippen LogP contribution in [0.5, 0.6) is 0 Å². The van der Waals surface area contributed by atoms with Crippen molar-refractivity contribution in [3.8, 4) is 0 Å². The lowest BCUT2D eigenvalue weighted by Crippen LogP contribution is -2.47. The van der Waals surface area contributed by atoms with Crippen LogP contribution in [0.4, 0.5) is 11.5 Å². The van der Waals surface area contributed by atoms with Crippen LogP contribution < -0.4 is 9.80 Å². The van der Waals surface area contributed by atoms with Crippen molar-refractivity contribution in [2.45, 2.75) is 40.5 Å². The third kappa shape index (κ3) is 5.04. The van der Waals surface area contributed by atoms with Crippen LogP contribution in [-0.4, -0.2) is 60.2 Å². The number of carbonyl (C=O) groups excluding carboxylic acids is 2. The molecule has 190 valence electrons. The molecule has 5 rings (SSSR count). The normalized spacial score (nSPS) is 19.1. The summed E-state index contributed by atoms with van der Waals surface area (Å²) in [6.07, 6.45) is 1.72. The summed E-state index contributed by atoms with van der Waals surface area (Å²) >= 11 is 1.58. The van der Waals surface area contributed by atoms with Gasteiger partial charge in [0.15, 0.2) is 5.78 Å². The van der Waals surface area contributed by atoms with E-state index in [1.165, 1.54) is 21.2 Å². The zero-order valence-corrected chi connectivity index (χ0v) is 22.6. The number of piperazine rings is 1. The predicted octanol–water partition coefficient (Wildman–Crippen LogP) is 4.80. The van der Waals surface area contributed by atoms with E-state index in [9.17, 15) is 9.59 Å². The summed E-state index contributed by atoms with van der Waals surface area (Å²) in [5.74, 6) is 1.17. The van der Waals surface area contributed by atoms with E-state index >= 15 is 0 Å². The van der Waals surface area contributed by atoms with Crippen molar-refractivity contribution in [1.29, 1.82) is 0 Å². The quantitative estimate of drug-likeness (QED) is 0.483. The van der Waals surface area contributed by atoms with Crippen LogP contribution in [0.15, 0.2) is 42.5 Å². The highest BCUT2D eigenvalue weighted by molar-refractivity contribution is 7.13. The van der Waals surface area contributed by atoms with Crippen molar-refractivity contribution in [3.63, 3.8) is 0 Å². The number of rotatable bonds is 6. The highest BCUT2D eigenvalue weighted by atomic mass is 32.1. The molecule has 0 N–H and O–H groups in total. The average Bonchev–Trinajstić information content (AvgIpc) is 3.29. The molecule has 3 heterocycles. The Morgan fingerprint density at radius 2 is 1.83 bits per heavy atom. The molecule has 0 saturated carbocycles. The number of amides is 1. The molecule has 1 unspecified atom stereocenters. The van der Waals surface area contributed by atoms with Crippen LogP contribution in [0.1, 0.15) is 38.8 Å². The Balaban J connectivity index is 1.20. The van der Waals surface area contributed by atoms with Gasteiger partial charge in [0.05, 0.1) is 11.2 Å². The van der Waals surface area contributed by atoms with Crippen LogP contribution in [0.25, 0.3) is 10.1 Å². The van der Waals surface area contributed by atoms with Crippen molar-refractivity contribution < 1.29 is 9.59 Å². The third-order valence-electron chi connectivity index (χ3n) is 7.53. The summed E-state index contributed by atoms with van der Waals surface area (Å²) in [5, 5.41) is 1.26. The molecule has 0 aliphatic carbocycles. The number of Topliss-reactive ketones (excluding diaryl/α,β-unsaturated/α-hetero) is 1. The second-order valence-electron chi connectivity index (χ2n) is 11.2. The van der Waals surface area contributed by atoms with Crippen molar-refractivity contribution in [2.75, 3.05) is 49.1 Å². The van der Waals surface area contributed by atoms with Gasteiger partial charge in [-0.25, -0.2) is 0 Å². The van der Waals surface area contributed by atoms with Gasteiger partial charge >= 0.3 is 0 Å². The van der Waals surface area contributed by atoms with Crippen molar-refractivity contribution in [1.82, 2.24) is 9.27 Å². The summed E-state index contributed by atoms with van der Waals surface area (Å²) in [4.78, 5) is 32.3. The lowest BCUT2D eigenvalue weighted by molar-refractivity contribution is -0.128. The molecule has 0 spiro atoms. The van der Waals surface area contributed by atoms with Gasteiger partial charge in [-0.05, 0) is 53.7 Å². The Morgan fingerprint density at radius 3 is 2.58 bits per heavy atom. The Kier molecular flexibility index (Phi) is 6.88. The van der Waals surface area contributed by atoms with Crippen LogP contribution in [0, 0.1) is 11.3 Å². The van der Waals surface area contributed by atoms with Gasteiger partial charge in [0, 0.05) is 55.1 Å². The number of carbonyl (C=O) groups is 2. The zero-order valence-electron chi connectivity index (χ0n) is 21.8. The second kappa shape index (κ2) is 9.94. The molecule has 0 bridgehead atoms. The maximum Gasteiger partial charge on any atom is 0.230 e. The Morgan fingerprint density at radius 1 is 1.08 bits per heavy atom. The fourth-order valence-corrected chi connectivity index (χ4v) is 5.93. The highest BCUT2D eigenvalue weighted by Gasteiger charge is 2.34. The zero-order chi connectivity index (χ0) is 25.4. The second-order valence-corrected chi connectivity index (χ2v) is 12.1. The highest BCUT2D eigenvalue weighted by Crippen LogP contribution is 2.33. The van der Waals surface area contributed by atoms with Gasteiger partial charge in [0.1, 0.15) is 5.82 Å². The number of benzene rings is 2. The van der Waals surface area contributed by atoms with E-state index in [-0.39, 0.29) is 24.2 Å². The van der Waals surface area contributed by atoms with Crippen LogP contribution in [0.3, 0.4) is 0 Å². The van der Waals surface area contributed by atoms with Gasteiger partial charge in [0.25, 0.3) is 0 Å². The Labute approximate surface area is 218 Å². The van der Waals surface area contributed by atoms with Crippen molar-refractivity contribution in [3.05, 3.63) is 53.6 Å². The topological polar surface area (TPSA) is 56.8 Å². The van der Waals surface area contributed by atoms with E-state index in [2.05, 4.69) is 52.3 Å². The van der Waals surface area contributed by atoms with Crippen molar-refractivity contribution >= 4 is 44.8 Å². The molecular weight excluding hydrogens is 468 g/mol. The van der Waals surface area contributed by atoms with E-state index in [4.69, 9.17) is 4.37 Å². The number of anilines is 2. The van der Waals surface area contributed by atoms with Gasteiger partial charge < -0.3 is 9.80 Å². The Hall–Kier alpha value is -2.77. The van der Waals surface area contributed by atoms with E-state index in [0.717, 1.165) is 57.1 Å². The number of aromatic nitrogens is 1. The molecule has 2 aliphatic heterocycles. The Bertz CT molecular complexity index is 1270. The standard InChI is InChI=1S/C29H36N4O2S/c1-20-17-22-18-21(9-10-24(22)33(28(20)35)19-26(34)29(2,3)4)11-12-31-13-15-32(16-14-31)27-23-7-5-6-8-25(23)36-30-27/h5-10,18,20H,11-17,19H2,1-4H3. The largest absolute Gasteiger partial charge is 0.353 e. The van der Waals surface area contributed by atoms with Crippen LogP contribution in [0.2, 0.25) is 0 Å². The summed E-state index contributed by atoms with van der Waals surface area (Å²) in [5.41, 5.74) is 2.92. The fourth-order valence-electron chi connectivity index (χ4n) is 5.14. The van der Waals surface area contributed by atoms with Gasteiger partial charge in [-0.15, -0.1) is 0 Å². The maximum absolute atomic E-state index is 12.9. The third-order valence-corrected chi connectivity index (χ3v) is 8.35. The number of ketones is 1. The molecule has 1 fully saturated rings.